The summed E-state index contributed by atoms with van der Waals surface area (Å²) >= 11 is 3.39. The highest BCUT2D eigenvalue weighted by molar-refractivity contribution is 9.10. The van der Waals surface area contributed by atoms with Gasteiger partial charge in [0.2, 0.25) is 0 Å². The summed E-state index contributed by atoms with van der Waals surface area (Å²) in [6, 6.07) is 3.59. The summed E-state index contributed by atoms with van der Waals surface area (Å²) in [6.45, 7) is 2.26. The number of rotatable bonds is 4. The zero-order chi connectivity index (χ0) is 11.4. The third kappa shape index (κ3) is 2.79. The second-order valence-corrected chi connectivity index (χ2v) is 4.10. The largest absolute Gasteiger partial charge is 0.497 e. The van der Waals surface area contributed by atoms with Crippen molar-refractivity contribution in [1.82, 2.24) is 0 Å². The summed E-state index contributed by atoms with van der Waals surface area (Å²) in [4.78, 5) is 11.7. The zero-order valence-corrected chi connectivity index (χ0v) is 10.4. The molecule has 1 aromatic carbocycles. The van der Waals surface area contributed by atoms with Gasteiger partial charge in [-0.15, -0.1) is 0 Å². The van der Waals surface area contributed by atoms with Crippen molar-refractivity contribution in [2.75, 3.05) is 13.7 Å². The molecule has 1 aromatic rings. The molecule has 15 heavy (non-hydrogen) atoms. The van der Waals surface area contributed by atoms with Crippen LogP contribution >= 0.6 is 15.9 Å². The highest BCUT2D eigenvalue weighted by Crippen LogP contribution is 2.27. The Morgan fingerprint density at radius 2 is 2.20 bits per heavy atom. The Kier molecular flexibility index (Phi) is 4.29. The SMILES string of the molecule is COc1cc(Br)c(C)c(C(=O)CCN)c1. The molecule has 0 amide bonds. The fourth-order valence-corrected chi connectivity index (χ4v) is 1.77. The molecule has 0 bridgehead atoms. The fourth-order valence-electron chi connectivity index (χ4n) is 1.33. The average molecular weight is 272 g/mol. The lowest BCUT2D eigenvalue weighted by Crippen LogP contribution is -2.09. The Labute approximate surface area is 97.7 Å². The molecule has 0 spiro atoms. The number of methoxy groups -OCH3 is 1. The summed E-state index contributed by atoms with van der Waals surface area (Å²) < 4.78 is 5.98. The topological polar surface area (TPSA) is 52.3 Å². The van der Waals surface area contributed by atoms with E-state index in [2.05, 4.69) is 15.9 Å². The predicted molar refractivity (Wildman–Crippen MR) is 63.4 cm³/mol. The Bertz CT molecular complexity index is 377. The first-order chi connectivity index (χ1) is 7.10. The molecule has 4 heteroatoms. The van der Waals surface area contributed by atoms with Crippen LogP contribution < -0.4 is 10.5 Å². The molecule has 1 rings (SSSR count). The summed E-state index contributed by atoms with van der Waals surface area (Å²) in [5.74, 6) is 0.724. The van der Waals surface area contributed by atoms with Crippen LogP contribution in [0.2, 0.25) is 0 Å². The van der Waals surface area contributed by atoms with Crippen LogP contribution in [0.3, 0.4) is 0 Å². The molecule has 0 fully saturated rings. The molecule has 0 unspecified atom stereocenters. The van der Waals surface area contributed by atoms with E-state index in [9.17, 15) is 4.79 Å². The lowest BCUT2D eigenvalue weighted by atomic mass is 10.0. The van der Waals surface area contributed by atoms with Gasteiger partial charge in [0.25, 0.3) is 0 Å². The Morgan fingerprint density at radius 3 is 2.73 bits per heavy atom. The maximum Gasteiger partial charge on any atom is 0.164 e. The number of Topliss-reactive ketones (excluding diaryl/α,β-unsaturated/α-hetero) is 1. The number of hydrogen-bond acceptors (Lipinski definition) is 3. The van der Waals surface area contributed by atoms with Gasteiger partial charge >= 0.3 is 0 Å². The van der Waals surface area contributed by atoms with E-state index in [1.54, 1.807) is 13.2 Å². The molecule has 3 nitrogen and oxygen atoms in total. The van der Waals surface area contributed by atoms with E-state index in [-0.39, 0.29) is 5.78 Å². The van der Waals surface area contributed by atoms with Gasteiger partial charge < -0.3 is 10.5 Å². The van der Waals surface area contributed by atoms with Crippen molar-refractivity contribution in [2.24, 2.45) is 5.73 Å². The lowest BCUT2D eigenvalue weighted by molar-refractivity contribution is 0.0984. The molecule has 0 aliphatic rings. The number of halogens is 1. The third-order valence-corrected chi connectivity index (χ3v) is 3.05. The molecule has 0 aromatic heterocycles. The van der Waals surface area contributed by atoms with E-state index in [0.29, 0.717) is 24.3 Å². The summed E-state index contributed by atoms with van der Waals surface area (Å²) in [7, 11) is 1.58. The number of carbonyl (C=O) groups is 1. The maximum absolute atomic E-state index is 11.7. The van der Waals surface area contributed by atoms with Crippen molar-refractivity contribution in [1.29, 1.82) is 0 Å². The molecule has 0 aliphatic heterocycles. The highest BCUT2D eigenvalue weighted by atomic mass is 79.9. The van der Waals surface area contributed by atoms with Crippen LogP contribution in [0.4, 0.5) is 0 Å². The molecule has 82 valence electrons. The fraction of sp³-hybridized carbons (Fsp3) is 0.364. The molecule has 0 aliphatic carbocycles. The minimum atomic E-state index is 0.0506. The van der Waals surface area contributed by atoms with Crippen molar-refractivity contribution >= 4 is 21.7 Å². The quantitative estimate of drug-likeness (QED) is 0.855. The van der Waals surface area contributed by atoms with Crippen LogP contribution in [0.15, 0.2) is 16.6 Å². The van der Waals surface area contributed by atoms with Crippen molar-refractivity contribution < 1.29 is 9.53 Å². The summed E-state index contributed by atoms with van der Waals surface area (Å²) in [6.07, 6.45) is 0.362. The molecule has 0 saturated heterocycles. The zero-order valence-electron chi connectivity index (χ0n) is 8.84. The van der Waals surface area contributed by atoms with Crippen molar-refractivity contribution in [2.45, 2.75) is 13.3 Å². The average Bonchev–Trinajstić information content (AvgIpc) is 2.22. The van der Waals surface area contributed by atoms with Crippen molar-refractivity contribution in [3.05, 3.63) is 27.7 Å². The maximum atomic E-state index is 11.7. The van der Waals surface area contributed by atoms with Crippen LogP contribution in [0.25, 0.3) is 0 Å². The van der Waals surface area contributed by atoms with Gasteiger partial charge in [0.15, 0.2) is 5.78 Å². The number of nitrogens with two attached hydrogens (primary N) is 1. The summed E-state index contributed by atoms with van der Waals surface area (Å²) in [5.41, 5.74) is 6.96. The van der Waals surface area contributed by atoms with E-state index >= 15 is 0 Å². The number of ether oxygens (including phenoxy) is 1. The van der Waals surface area contributed by atoms with Crippen molar-refractivity contribution in [3.8, 4) is 5.75 Å². The molecule has 0 saturated carbocycles. The minimum absolute atomic E-state index is 0.0506. The molecular weight excluding hydrogens is 258 g/mol. The van der Waals surface area contributed by atoms with Gasteiger partial charge in [-0.2, -0.15) is 0 Å². The predicted octanol–water partition coefficient (Wildman–Crippen LogP) is 2.30. The standard InChI is InChI=1S/C11H14BrNO2/c1-7-9(11(14)3-4-13)5-8(15-2)6-10(7)12/h5-6H,3-4,13H2,1-2H3. The van der Waals surface area contributed by atoms with Gasteiger partial charge in [-0.05, 0) is 31.2 Å². The van der Waals surface area contributed by atoms with Crippen LogP contribution in [-0.4, -0.2) is 19.4 Å². The van der Waals surface area contributed by atoms with Crippen LogP contribution in [0, 0.1) is 6.92 Å². The number of ketones is 1. The number of carbonyl (C=O) groups excluding carboxylic acids is 1. The molecular formula is C11H14BrNO2. The first-order valence-corrected chi connectivity index (χ1v) is 5.46. The monoisotopic (exact) mass is 271 g/mol. The molecule has 2 N–H and O–H groups in total. The highest BCUT2D eigenvalue weighted by Gasteiger charge is 2.12. The van der Waals surface area contributed by atoms with E-state index in [1.807, 2.05) is 13.0 Å². The first kappa shape index (κ1) is 12.2. The minimum Gasteiger partial charge on any atom is -0.497 e. The van der Waals surface area contributed by atoms with Crippen molar-refractivity contribution in [3.63, 3.8) is 0 Å². The van der Waals surface area contributed by atoms with Gasteiger partial charge in [-0.25, -0.2) is 0 Å². The van der Waals surface area contributed by atoms with Crippen LogP contribution in [-0.2, 0) is 0 Å². The Hall–Kier alpha value is -0.870. The van der Waals surface area contributed by atoms with E-state index < -0.39 is 0 Å². The first-order valence-electron chi connectivity index (χ1n) is 4.67. The molecule has 0 heterocycles. The Balaban J connectivity index is 3.15. The van der Waals surface area contributed by atoms with Gasteiger partial charge in [-0.3, -0.25) is 4.79 Å². The normalized spacial score (nSPS) is 10.1. The van der Waals surface area contributed by atoms with Gasteiger partial charge in [0.1, 0.15) is 5.75 Å². The van der Waals surface area contributed by atoms with Crippen LogP contribution in [0.1, 0.15) is 22.3 Å². The molecule has 0 radical (unpaired) electrons. The Morgan fingerprint density at radius 1 is 1.53 bits per heavy atom. The summed E-state index contributed by atoms with van der Waals surface area (Å²) in [5, 5.41) is 0. The van der Waals surface area contributed by atoms with Gasteiger partial charge in [0, 0.05) is 16.5 Å². The van der Waals surface area contributed by atoms with Gasteiger partial charge in [0.05, 0.1) is 7.11 Å². The lowest BCUT2D eigenvalue weighted by Gasteiger charge is -2.09. The van der Waals surface area contributed by atoms with Crippen LogP contribution in [0.5, 0.6) is 5.75 Å². The second kappa shape index (κ2) is 5.28. The van der Waals surface area contributed by atoms with E-state index in [0.717, 1.165) is 10.0 Å². The van der Waals surface area contributed by atoms with Gasteiger partial charge in [-0.1, -0.05) is 15.9 Å². The number of benzene rings is 1. The second-order valence-electron chi connectivity index (χ2n) is 3.24. The third-order valence-electron chi connectivity index (χ3n) is 2.23. The molecule has 0 atom stereocenters. The van der Waals surface area contributed by atoms with E-state index in [1.165, 1.54) is 0 Å². The number of hydrogen-bond donors (Lipinski definition) is 1. The smallest absolute Gasteiger partial charge is 0.164 e. The van der Waals surface area contributed by atoms with E-state index in [4.69, 9.17) is 10.5 Å².